The van der Waals surface area contributed by atoms with Gasteiger partial charge in [-0.05, 0) is 18.2 Å². The molecule has 0 spiro atoms. The second kappa shape index (κ2) is 9.07. The number of piperazine rings is 1. The second-order valence-electron chi connectivity index (χ2n) is 6.93. The van der Waals surface area contributed by atoms with E-state index >= 15 is 0 Å². The van der Waals surface area contributed by atoms with E-state index in [0.29, 0.717) is 54.1 Å². The van der Waals surface area contributed by atoms with Crippen molar-refractivity contribution in [1.29, 1.82) is 0 Å². The maximum Gasteiger partial charge on any atom is 0.321 e. The van der Waals surface area contributed by atoms with Gasteiger partial charge in [-0.15, -0.1) is 0 Å². The molecule has 0 aliphatic carbocycles. The van der Waals surface area contributed by atoms with Crippen molar-refractivity contribution in [3.63, 3.8) is 0 Å². The third-order valence-corrected chi connectivity index (χ3v) is 6.41. The fraction of sp³-hybridized carbons (Fsp3) is 0.333. The number of halogens is 1. The first-order valence-electron chi connectivity index (χ1n) is 9.69. The molecule has 0 unspecified atom stereocenters. The van der Waals surface area contributed by atoms with Gasteiger partial charge in [0.2, 0.25) is 5.75 Å². The Morgan fingerprint density at radius 1 is 1.03 bits per heavy atom. The summed E-state index contributed by atoms with van der Waals surface area (Å²) in [6.45, 7) is 2.59. The van der Waals surface area contributed by atoms with Gasteiger partial charge in [-0.2, -0.15) is 0 Å². The summed E-state index contributed by atoms with van der Waals surface area (Å²) in [5, 5.41) is 4.57. The Morgan fingerprint density at radius 3 is 2.32 bits per heavy atom. The molecular formula is C21H23ClN4O4S. The molecule has 2 heterocycles. The van der Waals surface area contributed by atoms with Gasteiger partial charge >= 0.3 is 6.03 Å². The number of rotatable bonds is 5. The van der Waals surface area contributed by atoms with Crippen molar-refractivity contribution in [3.05, 3.63) is 35.4 Å². The minimum atomic E-state index is -0.176. The third-order valence-electron chi connectivity index (χ3n) is 5.09. The van der Waals surface area contributed by atoms with Crippen LogP contribution in [0.15, 0.2) is 30.3 Å². The van der Waals surface area contributed by atoms with E-state index in [4.69, 9.17) is 30.8 Å². The number of anilines is 2. The fourth-order valence-electron chi connectivity index (χ4n) is 3.48. The van der Waals surface area contributed by atoms with E-state index in [0.717, 1.165) is 15.3 Å². The van der Waals surface area contributed by atoms with Gasteiger partial charge in [0.15, 0.2) is 16.6 Å². The van der Waals surface area contributed by atoms with Crippen LogP contribution in [0.4, 0.5) is 15.6 Å². The zero-order chi connectivity index (χ0) is 22.0. The number of ether oxygens (including phenoxy) is 3. The molecule has 0 radical (unpaired) electrons. The normalized spacial score (nSPS) is 13.9. The van der Waals surface area contributed by atoms with E-state index in [1.54, 1.807) is 28.4 Å². The van der Waals surface area contributed by atoms with Crippen LogP contribution in [0.25, 0.3) is 10.2 Å². The molecule has 31 heavy (non-hydrogen) atoms. The lowest BCUT2D eigenvalue weighted by Gasteiger charge is -2.34. The summed E-state index contributed by atoms with van der Waals surface area (Å²) < 4.78 is 17.1. The Hall–Kier alpha value is -2.91. The number of urea groups is 1. The molecular weight excluding hydrogens is 440 g/mol. The van der Waals surface area contributed by atoms with Gasteiger partial charge in [0.05, 0.1) is 37.2 Å². The highest BCUT2D eigenvalue weighted by Crippen LogP contribution is 2.40. The quantitative estimate of drug-likeness (QED) is 0.608. The number of nitrogens with one attached hydrogen (secondary N) is 1. The molecule has 0 bridgehead atoms. The zero-order valence-corrected chi connectivity index (χ0v) is 19.0. The molecule has 0 atom stereocenters. The Labute approximate surface area is 189 Å². The van der Waals surface area contributed by atoms with Gasteiger partial charge in [0, 0.05) is 43.3 Å². The predicted molar refractivity (Wildman–Crippen MR) is 124 cm³/mol. The topological polar surface area (TPSA) is 76.2 Å². The van der Waals surface area contributed by atoms with Crippen LogP contribution in [0.3, 0.4) is 0 Å². The highest BCUT2D eigenvalue weighted by molar-refractivity contribution is 7.22. The molecule has 1 aliphatic rings. The fourth-order valence-corrected chi connectivity index (χ4v) is 4.77. The van der Waals surface area contributed by atoms with Crippen molar-refractivity contribution in [1.82, 2.24) is 9.88 Å². The average molecular weight is 463 g/mol. The van der Waals surface area contributed by atoms with Crippen LogP contribution in [0.1, 0.15) is 0 Å². The van der Waals surface area contributed by atoms with Crippen molar-refractivity contribution >= 4 is 50.0 Å². The monoisotopic (exact) mass is 462 g/mol. The number of fused-ring (bicyclic) bond motifs is 1. The first kappa shape index (κ1) is 21.3. The molecule has 1 fully saturated rings. The smallest absolute Gasteiger partial charge is 0.321 e. The van der Waals surface area contributed by atoms with E-state index in [1.165, 1.54) is 21.3 Å². The SMILES string of the molecule is COc1cc(NC(=O)N2CCN(c3nc4ccc(Cl)cc4s3)CC2)cc(OC)c1OC. The number of amides is 2. The first-order valence-corrected chi connectivity index (χ1v) is 10.9. The van der Waals surface area contributed by atoms with Gasteiger partial charge in [0.25, 0.3) is 0 Å². The lowest BCUT2D eigenvalue weighted by Crippen LogP contribution is -2.50. The summed E-state index contributed by atoms with van der Waals surface area (Å²) in [5.74, 6) is 1.45. The van der Waals surface area contributed by atoms with Crippen molar-refractivity contribution in [2.75, 3.05) is 57.7 Å². The van der Waals surface area contributed by atoms with Crippen LogP contribution in [-0.2, 0) is 0 Å². The summed E-state index contributed by atoms with van der Waals surface area (Å²) >= 11 is 7.69. The Kier molecular flexibility index (Phi) is 6.24. The number of hydrogen-bond acceptors (Lipinski definition) is 7. The zero-order valence-electron chi connectivity index (χ0n) is 17.5. The minimum Gasteiger partial charge on any atom is -0.493 e. The number of carbonyl (C=O) groups is 1. The number of thiazole rings is 1. The number of benzene rings is 2. The minimum absolute atomic E-state index is 0.176. The van der Waals surface area contributed by atoms with Crippen LogP contribution in [0.2, 0.25) is 5.02 Å². The van der Waals surface area contributed by atoms with Gasteiger partial charge in [0.1, 0.15) is 0 Å². The number of methoxy groups -OCH3 is 3. The Bertz CT molecular complexity index is 1070. The Balaban J connectivity index is 1.41. The Morgan fingerprint density at radius 2 is 1.71 bits per heavy atom. The molecule has 2 aromatic carbocycles. The molecule has 2 amide bonds. The molecule has 10 heteroatoms. The summed E-state index contributed by atoms with van der Waals surface area (Å²) in [6.07, 6.45) is 0. The molecule has 1 aromatic heterocycles. The number of hydrogen-bond donors (Lipinski definition) is 1. The van der Waals surface area contributed by atoms with Gasteiger partial charge in [-0.3, -0.25) is 0 Å². The maximum absolute atomic E-state index is 12.8. The summed E-state index contributed by atoms with van der Waals surface area (Å²) in [4.78, 5) is 21.5. The van der Waals surface area contributed by atoms with Crippen LogP contribution in [0.5, 0.6) is 17.2 Å². The highest BCUT2D eigenvalue weighted by Gasteiger charge is 2.24. The molecule has 4 rings (SSSR count). The molecule has 8 nitrogen and oxygen atoms in total. The van der Waals surface area contributed by atoms with Crippen LogP contribution >= 0.6 is 22.9 Å². The predicted octanol–water partition coefficient (Wildman–Crippen LogP) is 4.33. The van der Waals surface area contributed by atoms with Crippen molar-refractivity contribution in [3.8, 4) is 17.2 Å². The lowest BCUT2D eigenvalue weighted by molar-refractivity contribution is 0.208. The van der Waals surface area contributed by atoms with E-state index in [2.05, 4.69) is 10.2 Å². The van der Waals surface area contributed by atoms with E-state index in [9.17, 15) is 4.79 Å². The highest BCUT2D eigenvalue weighted by atomic mass is 35.5. The number of carbonyl (C=O) groups excluding carboxylic acids is 1. The average Bonchev–Trinajstić information content (AvgIpc) is 3.21. The third kappa shape index (κ3) is 4.42. The van der Waals surface area contributed by atoms with Gasteiger partial charge < -0.3 is 29.3 Å². The van der Waals surface area contributed by atoms with E-state index in [-0.39, 0.29) is 6.03 Å². The second-order valence-corrected chi connectivity index (χ2v) is 8.37. The number of nitrogens with zero attached hydrogens (tertiary/aromatic N) is 3. The maximum atomic E-state index is 12.8. The van der Waals surface area contributed by atoms with Crippen LogP contribution in [0, 0.1) is 0 Å². The summed E-state index contributed by atoms with van der Waals surface area (Å²) in [5.41, 5.74) is 1.51. The summed E-state index contributed by atoms with van der Waals surface area (Å²) in [7, 11) is 4.62. The van der Waals surface area contributed by atoms with Crippen molar-refractivity contribution < 1.29 is 19.0 Å². The van der Waals surface area contributed by atoms with Crippen molar-refractivity contribution in [2.24, 2.45) is 0 Å². The van der Waals surface area contributed by atoms with Gasteiger partial charge in [-0.25, -0.2) is 9.78 Å². The molecule has 0 saturated carbocycles. The lowest BCUT2D eigenvalue weighted by atomic mass is 10.2. The molecule has 1 saturated heterocycles. The van der Waals surface area contributed by atoms with E-state index < -0.39 is 0 Å². The van der Waals surface area contributed by atoms with E-state index in [1.807, 2.05) is 18.2 Å². The summed E-state index contributed by atoms with van der Waals surface area (Å²) in [6, 6.07) is 8.95. The van der Waals surface area contributed by atoms with Crippen LogP contribution < -0.4 is 24.4 Å². The largest absolute Gasteiger partial charge is 0.493 e. The number of aromatic nitrogens is 1. The molecule has 164 valence electrons. The standard InChI is InChI=1S/C21H23ClN4O4S/c1-28-16-11-14(12-17(29-2)19(16)30-3)23-20(27)25-6-8-26(9-7-25)21-24-15-5-4-13(22)10-18(15)31-21/h4-5,10-12H,6-9H2,1-3H3,(H,23,27). The van der Waals surface area contributed by atoms with Crippen molar-refractivity contribution in [2.45, 2.75) is 0 Å². The molecule has 1 aliphatic heterocycles. The van der Waals surface area contributed by atoms with Crippen LogP contribution in [-0.4, -0.2) is 63.4 Å². The first-order chi connectivity index (χ1) is 15.0. The molecule has 1 N–H and O–H groups in total. The van der Waals surface area contributed by atoms with Gasteiger partial charge in [-0.1, -0.05) is 22.9 Å². The molecule has 3 aromatic rings.